The van der Waals surface area contributed by atoms with E-state index in [2.05, 4.69) is 49.9 Å². The molecule has 1 saturated heterocycles. The number of hydrogen-bond acceptors (Lipinski definition) is 4. The summed E-state index contributed by atoms with van der Waals surface area (Å²) in [5, 5.41) is 9.88. The average Bonchev–Trinajstić information content (AvgIpc) is 3.10. The van der Waals surface area contributed by atoms with Gasteiger partial charge in [0.15, 0.2) is 5.82 Å². The predicted molar refractivity (Wildman–Crippen MR) is 104 cm³/mol. The van der Waals surface area contributed by atoms with Crippen molar-refractivity contribution in [3.8, 4) is 0 Å². The number of urea groups is 1. The Morgan fingerprint density at radius 2 is 1.96 bits per heavy atom. The van der Waals surface area contributed by atoms with Crippen LogP contribution in [0.5, 0.6) is 0 Å². The molecule has 0 radical (unpaired) electrons. The predicted octanol–water partition coefficient (Wildman–Crippen LogP) is 1.66. The van der Waals surface area contributed by atoms with Crippen LogP contribution in [-0.2, 0) is 13.0 Å². The highest BCUT2D eigenvalue weighted by atomic mass is 16.2. The minimum absolute atomic E-state index is 0.121. The summed E-state index contributed by atoms with van der Waals surface area (Å²) < 4.78 is 2.04. The Bertz CT molecular complexity index is 846. The first-order valence-corrected chi connectivity index (χ1v) is 9.62. The van der Waals surface area contributed by atoms with Gasteiger partial charge in [-0.1, -0.05) is 29.8 Å². The van der Waals surface area contributed by atoms with Gasteiger partial charge in [-0.2, -0.15) is 5.10 Å². The molecule has 1 fully saturated rings. The molecule has 0 aliphatic carbocycles. The Hall–Kier alpha value is -2.67. The van der Waals surface area contributed by atoms with E-state index in [0.29, 0.717) is 6.54 Å². The molecular formula is C20H26N6O. The molecule has 4 rings (SSSR count). The molecule has 2 N–H and O–H groups in total. The molecule has 0 atom stereocenters. The number of rotatable bonds is 3. The minimum Gasteiger partial charge on any atom is -0.341 e. The van der Waals surface area contributed by atoms with Gasteiger partial charge in [-0.3, -0.25) is 0 Å². The molecule has 2 amide bonds. The lowest BCUT2D eigenvalue weighted by Gasteiger charge is -2.30. The molecule has 7 heteroatoms. The first-order chi connectivity index (χ1) is 13.3. The van der Waals surface area contributed by atoms with E-state index >= 15 is 0 Å². The molecule has 0 unspecified atom stereocenters. The van der Waals surface area contributed by atoms with E-state index in [-0.39, 0.29) is 6.03 Å². The summed E-state index contributed by atoms with van der Waals surface area (Å²) in [6.45, 7) is 4.43. The maximum absolute atomic E-state index is 11.3. The van der Waals surface area contributed by atoms with Crippen LogP contribution in [0.1, 0.15) is 29.8 Å². The van der Waals surface area contributed by atoms with Gasteiger partial charge < -0.3 is 15.5 Å². The number of nitrogens with one attached hydrogen (secondary N) is 2. The maximum Gasteiger partial charge on any atom is 0.314 e. The zero-order chi connectivity index (χ0) is 18.6. The highest BCUT2D eigenvalue weighted by Gasteiger charge is 2.25. The standard InChI is InChI=1S/C20H26N6O/c1-21-20(27)22-9-13-25-10-6-16(7-11-25)18-17-5-3-2-4-15(17)8-12-26-19(18)23-14-24-26/h2-5,14H,6-13H2,1H3,(H2,21,22,27). The first-order valence-electron chi connectivity index (χ1n) is 9.62. The van der Waals surface area contributed by atoms with Gasteiger partial charge in [0, 0.05) is 45.3 Å². The van der Waals surface area contributed by atoms with Crippen LogP contribution in [0.3, 0.4) is 0 Å². The average molecular weight is 366 g/mol. The number of amides is 2. The topological polar surface area (TPSA) is 75.1 Å². The third-order valence-corrected chi connectivity index (χ3v) is 5.47. The quantitative estimate of drug-likeness (QED) is 0.866. The fourth-order valence-corrected chi connectivity index (χ4v) is 4.01. The van der Waals surface area contributed by atoms with Gasteiger partial charge in [0.25, 0.3) is 0 Å². The zero-order valence-electron chi connectivity index (χ0n) is 15.7. The van der Waals surface area contributed by atoms with Crippen LogP contribution in [0.25, 0.3) is 5.57 Å². The molecule has 2 aliphatic heterocycles. The number of piperidine rings is 1. The van der Waals surface area contributed by atoms with Crippen LogP contribution in [0.4, 0.5) is 4.79 Å². The molecule has 0 spiro atoms. The fourth-order valence-electron chi connectivity index (χ4n) is 4.01. The largest absolute Gasteiger partial charge is 0.341 e. The van der Waals surface area contributed by atoms with Gasteiger partial charge in [0.2, 0.25) is 0 Å². The Kier molecular flexibility index (Phi) is 5.20. The monoisotopic (exact) mass is 366 g/mol. The maximum atomic E-state index is 11.3. The number of nitrogens with zero attached hydrogens (tertiary/aromatic N) is 4. The van der Waals surface area contributed by atoms with Gasteiger partial charge in [0.1, 0.15) is 6.33 Å². The number of hydrogen-bond donors (Lipinski definition) is 2. The number of benzene rings is 1. The lowest BCUT2D eigenvalue weighted by Crippen LogP contribution is -2.40. The van der Waals surface area contributed by atoms with Crippen molar-refractivity contribution >= 4 is 11.6 Å². The zero-order valence-corrected chi connectivity index (χ0v) is 15.7. The van der Waals surface area contributed by atoms with Crippen molar-refractivity contribution in [1.82, 2.24) is 30.3 Å². The second-order valence-corrected chi connectivity index (χ2v) is 7.04. The number of aromatic nitrogens is 3. The van der Waals surface area contributed by atoms with Crippen LogP contribution in [0, 0.1) is 0 Å². The smallest absolute Gasteiger partial charge is 0.314 e. The fraction of sp³-hybridized carbons (Fsp3) is 0.450. The van der Waals surface area contributed by atoms with Crippen molar-refractivity contribution in [3.05, 3.63) is 53.1 Å². The van der Waals surface area contributed by atoms with Crippen molar-refractivity contribution in [2.24, 2.45) is 0 Å². The summed E-state index contributed by atoms with van der Waals surface area (Å²) in [6, 6.07) is 8.56. The third-order valence-electron chi connectivity index (χ3n) is 5.47. The minimum atomic E-state index is -0.121. The molecule has 3 heterocycles. The molecule has 2 aliphatic rings. The van der Waals surface area contributed by atoms with E-state index < -0.39 is 0 Å². The van der Waals surface area contributed by atoms with E-state index in [1.54, 1.807) is 13.4 Å². The third kappa shape index (κ3) is 3.73. The van der Waals surface area contributed by atoms with Gasteiger partial charge in [-0.25, -0.2) is 14.5 Å². The Morgan fingerprint density at radius 1 is 1.15 bits per heavy atom. The lowest BCUT2D eigenvalue weighted by atomic mass is 9.90. The number of fused-ring (bicyclic) bond motifs is 2. The van der Waals surface area contributed by atoms with Crippen molar-refractivity contribution in [2.75, 3.05) is 33.2 Å². The Balaban J connectivity index is 1.54. The van der Waals surface area contributed by atoms with Crippen LogP contribution >= 0.6 is 0 Å². The highest BCUT2D eigenvalue weighted by Crippen LogP contribution is 2.35. The summed E-state index contributed by atoms with van der Waals surface area (Å²) in [4.78, 5) is 18.3. The molecular weight excluding hydrogens is 340 g/mol. The van der Waals surface area contributed by atoms with Gasteiger partial charge in [-0.05, 0) is 30.4 Å². The Morgan fingerprint density at radius 3 is 2.78 bits per heavy atom. The lowest BCUT2D eigenvalue weighted by molar-refractivity contribution is 0.233. The number of aryl methyl sites for hydroxylation is 2. The van der Waals surface area contributed by atoms with Crippen LogP contribution in [0.15, 0.2) is 36.2 Å². The Labute approximate surface area is 159 Å². The second-order valence-electron chi connectivity index (χ2n) is 7.04. The van der Waals surface area contributed by atoms with E-state index in [0.717, 1.165) is 51.3 Å². The highest BCUT2D eigenvalue weighted by molar-refractivity contribution is 5.81. The van der Waals surface area contributed by atoms with Crippen LogP contribution < -0.4 is 10.6 Å². The SMILES string of the molecule is CNC(=O)NCCN1CCC(=C2c3ccccc3CCn3ncnc32)CC1. The summed E-state index contributed by atoms with van der Waals surface area (Å²) in [6.07, 6.45) is 4.71. The number of carbonyl (C=O) groups excluding carboxylic acids is 1. The normalized spacial score (nSPS) is 17.1. The van der Waals surface area contributed by atoms with E-state index in [1.165, 1.54) is 22.3 Å². The molecule has 27 heavy (non-hydrogen) atoms. The molecule has 7 nitrogen and oxygen atoms in total. The van der Waals surface area contributed by atoms with Crippen LogP contribution in [0.2, 0.25) is 0 Å². The summed E-state index contributed by atoms with van der Waals surface area (Å²) in [5.41, 5.74) is 5.44. The van der Waals surface area contributed by atoms with Gasteiger partial charge >= 0.3 is 6.03 Å². The van der Waals surface area contributed by atoms with Gasteiger partial charge in [0.05, 0.1) is 0 Å². The van der Waals surface area contributed by atoms with Gasteiger partial charge in [-0.15, -0.1) is 0 Å². The number of carbonyl (C=O) groups is 1. The van der Waals surface area contributed by atoms with Crippen LogP contribution in [-0.4, -0.2) is 58.9 Å². The second kappa shape index (κ2) is 7.92. The van der Waals surface area contributed by atoms with Crippen molar-refractivity contribution < 1.29 is 4.79 Å². The van der Waals surface area contributed by atoms with E-state index in [9.17, 15) is 4.79 Å². The molecule has 0 saturated carbocycles. The summed E-state index contributed by atoms with van der Waals surface area (Å²) in [5.74, 6) is 1.00. The molecule has 2 aromatic rings. The van der Waals surface area contributed by atoms with Crippen molar-refractivity contribution in [1.29, 1.82) is 0 Å². The molecule has 1 aromatic carbocycles. The molecule has 142 valence electrons. The number of likely N-dealkylation sites (tertiary alicyclic amines) is 1. The van der Waals surface area contributed by atoms with E-state index in [4.69, 9.17) is 0 Å². The molecule has 1 aromatic heterocycles. The summed E-state index contributed by atoms with van der Waals surface area (Å²) in [7, 11) is 1.64. The van der Waals surface area contributed by atoms with E-state index in [1.807, 2.05) is 4.68 Å². The van der Waals surface area contributed by atoms with Crippen molar-refractivity contribution in [2.45, 2.75) is 25.8 Å². The first kappa shape index (κ1) is 17.7. The summed E-state index contributed by atoms with van der Waals surface area (Å²) >= 11 is 0. The van der Waals surface area contributed by atoms with Crippen molar-refractivity contribution in [3.63, 3.8) is 0 Å². The molecule has 0 bridgehead atoms.